The second-order valence-corrected chi connectivity index (χ2v) is 6.35. The van der Waals surface area contributed by atoms with Gasteiger partial charge in [-0.2, -0.15) is 0 Å². The normalized spacial score (nSPS) is 11.0. The van der Waals surface area contributed by atoms with Crippen molar-refractivity contribution in [3.8, 4) is 5.75 Å². The van der Waals surface area contributed by atoms with Gasteiger partial charge in [0.1, 0.15) is 5.75 Å². The lowest BCUT2D eigenvalue weighted by atomic mass is 10.1. The molecule has 0 bridgehead atoms. The highest BCUT2D eigenvalue weighted by molar-refractivity contribution is 5.88. The molecule has 0 aliphatic carbocycles. The molecule has 0 amide bonds. The maximum absolute atomic E-state index is 11.9. The van der Waals surface area contributed by atoms with Crippen molar-refractivity contribution in [2.45, 2.75) is 52.4 Å². The summed E-state index contributed by atoms with van der Waals surface area (Å²) in [6.45, 7) is 4.37. The average Bonchev–Trinajstić information content (AvgIpc) is 2.63. The van der Waals surface area contributed by atoms with Crippen molar-refractivity contribution in [3.05, 3.63) is 71.3 Å². The highest BCUT2D eigenvalue weighted by atomic mass is 16.5. The van der Waals surface area contributed by atoms with E-state index in [4.69, 9.17) is 4.74 Å². The number of carbonyl (C=O) groups is 1. The summed E-state index contributed by atoms with van der Waals surface area (Å²) in [6, 6.07) is 16.1. The van der Waals surface area contributed by atoms with E-state index >= 15 is 0 Å². The number of carbonyl (C=O) groups excluding carboxylic acids is 1. The van der Waals surface area contributed by atoms with Crippen LogP contribution in [0.25, 0.3) is 6.08 Å². The van der Waals surface area contributed by atoms with Crippen molar-refractivity contribution in [2.75, 3.05) is 0 Å². The smallest absolute Gasteiger partial charge is 0.336 e. The van der Waals surface area contributed by atoms with E-state index in [1.165, 1.54) is 36.5 Å². The number of esters is 1. The lowest BCUT2D eigenvalue weighted by molar-refractivity contribution is -0.128. The van der Waals surface area contributed by atoms with Gasteiger partial charge in [0.05, 0.1) is 0 Å². The SMILES string of the molecule is CCCCCc1ccc(OC(=O)C=Cc2ccc(CCC)cc2)cc1. The summed E-state index contributed by atoms with van der Waals surface area (Å²) in [5.74, 6) is 0.239. The van der Waals surface area contributed by atoms with Crippen LogP contribution >= 0.6 is 0 Å². The number of rotatable bonds is 9. The van der Waals surface area contributed by atoms with Gasteiger partial charge in [-0.25, -0.2) is 4.79 Å². The molecule has 0 saturated heterocycles. The molecule has 0 N–H and O–H groups in total. The van der Waals surface area contributed by atoms with Gasteiger partial charge in [0.15, 0.2) is 0 Å². The molecule has 0 unspecified atom stereocenters. The van der Waals surface area contributed by atoms with Gasteiger partial charge in [-0.15, -0.1) is 0 Å². The molecule has 2 heteroatoms. The molecule has 2 rings (SSSR count). The largest absolute Gasteiger partial charge is 0.423 e. The van der Waals surface area contributed by atoms with Crippen molar-refractivity contribution in [1.29, 1.82) is 0 Å². The van der Waals surface area contributed by atoms with Crippen LogP contribution in [-0.4, -0.2) is 5.97 Å². The van der Waals surface area contributed by atoms with Crippen LogP contribution in [0.3, 0.4) is 0 Å². The molecule has 2 aromatic rings. The van der Waals surface area contributed by atoms with Crippen molar-refractivity contribution in [1.82, 2.24) is 0 Å². The minimum atomic E-state index is -0.351. The molecule has 0 atom stereocenters. The minimum Gasteiger partial charge on any atom is -0.423 e. The third kappa shape index (κ3) is 6.96. The fourth-order valence-corrected chi connectivity index (χ4v) is 2.70. The van der Waals surface area contributed by atoms with Crippen LogP contribution in [0.15, 0.2) is 54.6 Å². The predicted molar refractivity (Wildman–Crippen MR) is 105 cm³/mol. The zero-order valence-corrected chi connectivity index (χ0v) is 15.3. The molecule has 2 aromatic carbocycles. The van der Waals surface area contributed by atoms with Crippen LogP contribution in [0.5, 0.6) is 5.75 Å². The molecular formula is C23H28O2. The van der Waals surface area contributed by atoms with Gasteiger partial charge in [-0.05, 0) is 54.2 Å². The Morgan fingerprint density at radius 2 is 1.48 bits per heavy atom. The Balaban J connectivity index is 1.84. The summed E-state index contributed by atoms with van der Waals surface area (Å²) in [6.07, 6.45) is 10.2. The van der Waals surface area contributed by atoms with Gasteiger partial charge >= 0.3 is 5.97 Å². The van der Waals surface area contributed by atoms with Crippen molar-refractivity contribution in [3.63, 3.8) is 0 Å². The fourth-order valence-electron chi connectivity index (χ4n) is 2.70. The van der Waals surface area contributed by atoms with Crippen LogP contribution in [0.4, 0.5) is 0 Å². The molecule has 0 aromatic heterocycles. The van der Waals surface area contributed by atoms with E-state index in [0.717, 1.165) is 24.8 Å². The first-order chi connectivity index (χ1) is 12.2. The lowest BCUT2D eigenvalue weighted by Crippen LogP contribution is -2.03. The highest BCUT2D eigenvalue weighted by Crippen LogP contribution is 2.15. The molecule has 0 saturated carbocycles. The minimum absolute atomic E-state index is 0.351. The van der Waals surface area contributed by atoms with E-state index in [-0.39, 0.29) is 5.97 Å². The maximum Gasteiger partial charge on any atom is 0.336 e. The highest BCUT2D eigenvalue weighted by Gasteiger charge is 2.01. The number of aryl methyl sites for hydroxylation is 2. The van der Waals surface area contributed by atoms with Crippen LogP contribution in [0.2, 0.25) is 0 Å². The second kappa shape index (κ2) is 10.5. The van der Waals surface area contributed by atoms with E-state index in [2.05, 4.69) is 26.0 Å². The summed E-state index contributed by atoms with van der Waals surface area (Å²) in [4.78, 5) is 11.9. The van der Waals surface area contributed by atoms with Crippen LogP contribution in [0, 0.1) is 0 Å². The number of benzene rings is 2. The van der Waals surface area contributed by atoms with Gasteiger partial charge in [-0.1, -0.05) is 69.5 Å². The Morgan fingerprint density at radius 1 is 0.840 bits per heavy atom. The zero-order chi connectivity index (χ0) is 17.9. The van der Waals surface area contributed by atoms with E-state index in [1.54, 1.807) is 6.08 Å². The Kier molecular flexibility index (Phi) is 7.97. The molecule has 0 aliphatic rings. The van der Waals surface area contributed by atoms with Crippen LogP contribution in [0.1, 0.15) is 56.2 Å². The summed E-state index contributed by atoms with van der Waals surface area (Å²) >= 11 is 0. The third-order valence-electron chi connectivity index (χ3n) is 4.14. The Bertz CT molecular complexity index is 666. The molecule has 0 fully saturated rings. The van der Waals surface area contributed by atoms with E-state index in [1.807, 2.05) is 36.4 Å². The summed E-state index contributed by atoms with van der Waals surface area (Å²) in [7, 11) is 0. The molecule has 0 radical (unpaired) electrons. The van der Waals surface area contributed by atoms with Gasteiger partial charge in [0, 0.05) is 6.08 Å². The summed E-state index contributed by atoms with van der Waals surface area (Å²) < 4.78 is 5.35. The van der Waals surface area contributed by atoms with Gasteiger partial charge < -0.3 is 4.74 Å². The topological polar surface area (TPSA) is 26.3 Å². The molecule has 25 heavy (non-hydrogen) atoms. The molecule has 0 spiro atoms. The van der Waals surface area contributed by atoms with Gasteiger partial charge in [0.2, 0.25) is 0 Å². The zero-order valence-electron chi connectivity index (χ0n) is 15.3. The first-order valence-corrected chi connectivity index (χ1v) is 9.29. The van der Waals surface area contributed by atoms with Crippen molar-refractivity contribution in [2.24, 2.45) is 0 Å². The summed E-state index contributed by atoms with van der Waals surface area (Å²) in [5.41, 5.74) is 3.61. The van der Waals surface area contributed by atoms with Gasteiger partial charge in [-0.3, -0.25) is 0 Å². The number of hydrogen-bond donors (Lipinski definition) is 0. The average molecular weight is 336 g/mol. The first-order valence-electron chi connectivity index (χ1n) is 9.29. The monoisotopic (exact) mass is 336 g/mol. The van der Waals surface area contributed by atoms with Crippen molar-refractivity contribution >= 4 is 12.0 Å². The Morgan fingerprint density at radius 3 is 2.12 bits per heavy atom. The van der Waals surface area contributed by atoms with E-state index in [0.29, 0.717) is 5.75 Å². The van der Waals surface area contributed by atoms with Gasteiger partial charge in [0.25, 0.3) is 0 Å². The Labute approximate surface area is 151 Å². The fraction of sp³-hybridized carbons (Fsp3) is 0.348. The quantitative estimate of drug-likeness (QED) is 0.243. The molecule has 2 nitrogen and oxygen atoms in total. The summed E-state index contributed by atoms with van der Waals surface area (Å²) in [5, 5.41) is 0. The standard InChI is InChI=1S/C23H28O2/c1-3-5-6-8-20-13-16-22(17-14-20)25-23(24)18-15-21-11-9-19(7-4-2)10-12-21/h9-18H,3-8H2,1-2H3. The second-order valence-electron chi connectivity index (χ2n) is 6.35. The molecule has 0 heterocycles. The van der Waals surface area contributed by atoms with Crippen LogP contribution < -0.4 is 4.74 Å². The third-order valence-corrected chi connectivity index (χ3v) is 4.14. The van der Waals surface area contributed by atoms with Crippen LogP contribution in [-0.2, 0) is 17.6 Å². The number of hydrogen-bond acceptors (Lipinski definition) is 2. The van der Waals surface area contributed by atoms with Crippen molar-refractivity contribution < 1.29 is 9.53 Å². The van der Waals surface area contributed by atoms with E-state index < -0.39 is 0 Å². The molecular weight excluding hydrogens is 308 g/mol. The number of unbranched alkanes of at least 4 members (excludes halogenated alkanes) is 2. The molecule has 132 valence electrons. The van der Waals surface area contributed by atoms with E-state index in [9.17, 15) is 4.79 Å². The lowest BCUT2D eigenvalue weighted by Gasteiger charge is -2.04. The predicted octanol–water partition coefficient (Wildman–Crippen LogP) is 5.99. The first kappa shape index (κ1) is 19.0. The number of ether oxygens (including phenoxy) is 1. The Hall–Kier alpha value is -2.35. The molecule has 0 aliphatic heterocycles. The maximum atomic E-state index is 11.9.